The Kier molecular flexibility index (Phi) is 3.05. The van der Waals surface area contributed by atoms with Crippen LogP contribution in [0.5, 0.6) is 0 Å². The highest BCUT2D eigenvalue weighted by atomic mass is 14.7. The molecule has 0 N–H and O–H groups in total. The standard InChI is InChI=1S/C17H15N/c1-3-7-14(8-4-1)16-11-12-18-17(13-16)15-9-5-2-6-10-15/h1-7,9-14H,8H2. The predicted molar refractivity (Wildman–Crippen MR) is 75.3 cm³/mol. The Balaban J connectivity index is 1.94. The topological polar surface area (TPSA) is 12.9 Å². The van der Waals surface area contributed by atoms with Crippen LogP contribution < -0.4 is 0 Å². The van der Waals surface area contributed by atoms with Gasteiger partial charge in [0.1, 0.15) is 0 Å². The van der Waals surface area contributed by atoms with Crippen molar-refractivity contribution < 1.29 is 0 Å². The van der Waals surface area contributed by atoms with Gasteiger partial charge in [-0.3, -0.25) is 4.98 Å². The lowest BCUT2D eigenvalue weighted by Crippen LogP contribution is -1.97. The smallest absolute Gasteiger partial charge is 0.0704 e. The van der Waals surface area contributed by atoms with Crippen LogP contribution in [-0.2, 0) is 0 Å². The van der Waals surface area contributed by atoms with E-state index in [1.165, 1.54) is 11.1 Å². The Morgan fingerprint density at radius 2 is 1.89 bits per heavy atom. The summed E-state index contributed by atoms with van der Waals surface area (Å²) < 4.78 is 0. The maximum atomic E-state index is 4.46. The van der Waals surface area contributed by atoms with E-state index >= 15 is 0 Å². The van der Waals surface area contributed by atoms with Crippen molar-refractivity contribution in [3.8, 4) is 11.3 Å². The van der Waals surface area contributed by atoms with Crippen molar-refractivity contribution in [3.05, 3.63) is 78.5 Å². The van der Waals surface area contributed by atoms with E-state index in [0.29, 0.717) is 5.92 Å². The van der Waals surface area contributed by atoms with Gasteiger partial charge in [0.25, 0.3) is 0 Å². The fourth-order valence-electron chi connectivity index (χ4n) is 2.27. The Morgan fingerprint density at radius 1 is 1.00 bits per heavy atom. The second kappa shape index (κ2) is 5.01. The summed E-state index contributed by atoms with van der Waals surface area (Å²) in [4.78, 5) is 4.46. The number of nitrogens with zero attached hydrogens (tertiary/aromatic N) is 1. The third kappa shape index (κ3) is 2.25. The third-order valence-corrected chi connectivity index (χ3v) is 3.26. The van der Waals surface area contributed by atoms with Crippen LogP contribution in [0.25, 0.3) is 11.3 Å². The molecule has 0 saturated heterocycles. The van der Waals surface area contributed by atoms with Crippen molar-refractivity contribution in [1.29, 1.82) is 0 Å². The normalized spacial score (nSPS) is 17.9. The van der Waals surface area contributed by atoms with Crippen LogP contribution in [0.4, 0.5) is 0 Å². The van der Waals surface area contributed by atoms with Gasteiger partial charge in [0.2, 0.25) is 0 Å². The van der Waals surface area contributed by atoms with E-state index in [1.54, 1.807) is 0 Å². The van der Waals surface area contributed by atoms with Gasteiger partial charge in [-0.05, 0) is 24.1 Å². The molecule has 0 radical (unpaired) electrons. The van der Waals surface area contributed by atoms with Gasteiger partial charge in [-0.15, -0.1) is 0 Å². The van der Waals surface area contributed by atoms with Crippen molar-refractivity contribution >= 4 is 0 Å². The number of hydrogen-bond donors (Lipinski definition) is 0. The summed E-state index contributed by atoms with van der Waals surface area (Å²) in [5, 5.41) is 0. The van der Waals surface area contributed by atoms with Gasteiger partial charge in [-0.25, -0.2) is 0 Å². The highest BCUT2D eigenvalue weighted by molar-refractivity contribution is 5.59. The van der Waals surface area contributed by atoms with Crippen LogP contribution in [0.3, 0.4) is 0 Å². The minimum atomic E-state index is 0.487. The van der Waals surface area contributed by atoms with Crippen molar-refractivity contribution in [1.82, 2.24) is 4.98 Å². The van der Waals surface area contributed by atoms with E-state index in [-0.39, 0.29) is 0 Å². The van der Waals surface area contributed by atoms with E-state index < -0.39 is 0 Å². The fourth-order valence-corrected chi connectivity index (χ4v) is 2.27. The first-order valence-electron chi connectivity index (χ1n) is 6.28. The van der Waals surface area contributed by atoms with E-state index in [9.17, 15) is 0 Å². The lowest BCUT2D eigenvalue weighted by Gasteiger charge is -2.14. The first kappa shape index (κ1) is 11.0. The van der Waals surface area contributed by atoms with Crippen LogP contribution >= 0.6 is 0 Å². The molecule has 1 aliphatic rings. The maximum absolute atomic E-state index is 4.46. The summed E-state index contributed by atoms with van der Waals surface area (Å²) in [6.45, 7) is 0. The summed E-state index contributed by atoms with van der Waals surface area (Å²) in [5.74, 6) is 0.487. The minimum absolute atomic E-state index is 0.487. The number of allylic oxidation sites excluding steroid dienone is 4. The molecule has 1 heteroatoms. The van der Waals surface area contributed by atoms with Crippen molar-refractivity contribution in [3.63, 3.8) is 0 Å². The highest BCUT2D eigenvalue weighted by Gasteiger charge is 2.09. The molecule has 0 amide bonds. The maximum Gasteiger partial charge on any atom is 0.0704 e. The summed E-state index contributed by atoms with van der Waals surface area (Å²) in [6.07, 6.45) is 11.7. The van der Waals surface area contributed by atoms with Gasteiger partial charge < -0.3 is 0 Å². The lowest BCUT2D eigenvalue weighted by atomic mass is 9.92. The summed E-state index contributed by atoms with van der Waals surface area (Å²) in [6, 6.07) is 14.6. The molecule has 0 bridgehead atoms. The molecule has 0 fully saturated rings. The Labute approximate surface area is 108 Å². The van der Waals surface area contributed by atoms with Gasteiger partial charge in [0.05, 0.1) is 5.69 Å². The Hall–Kier alpha value is -2.15. The molecular weight excluding hydrogens is 218 g/mol. The highest BCUT2D eigenvalue weighted by Crippen LogP contribution is 2.27. The number of rotatable bonds is 2. The molecule has 1 aromatic carbocycles. The molecule has 88 valence electrons. The molecule has 0 saturated carbocycles. The predicted octanol–water partition coefficient (Wildman–Crippen LogP) is 4.35. The minimum Gasteiger partial charge on any atom is -0.256 e. The van der Waals surface area contributed by atoms with E-state index in [0.717, 1.165) is 12.1 Å². The lowest BCUT2D eigenvalue weighted by molar-refractivity contribution is 0.851. The van der Waals surface area contributed by atoms with Gasteiger partial charge in [0.15, 0.2) is 0 Å². The summed E-state index contributed by atoms with van der Waals surface area (Å²) >= 11 is 0. The molecule has 0 spiro atoms. The zero-order valence-electron chi connectivity index (χ0n) is 10.2. The number of pyridine rings is 1. The fraction of sp³-hybridized carbons (Fsp3) is 0.118. The molecule has 1 unspecified atom stereocenters. The summed E-state index contributed by atoms with van der Waals surface area (Å²) in [5.41, 5.74) is 3.56. The second-order valence-electron chi connectivity index (χ2n) is 4.50. The van der Waals surface area contributed by atoms with Gasteiger partial charge in [-0.1, -0.05) is 54.6 Å². The van der Waals surface area contributed by atoms with Gasteiger partial charge in [0, 0.05) is 17.7 Å². The molecule has 1 aliphatic carbocycles. The molecule has 3 rings (SSSR count). The second-order valence-corrected chi connectivity index (χ2v) is 4.50. The molecule has 1 heterocycles. The first-order valence-corrected chi connectivity index (χ1v) is 6.28. The SMILES string of the molecule is C1=CCC(c2ccnc(-c3ccccc3)c2)C=C1. The van der Waals surface area contributed by atoms with Crippen LogP contribution in [0.1, 0.15) is 17.9 Å². The molecule has 1 aromatic heterocycles. The molecule has 1 nitrogen and oxygen atoms in total. The number of aromatic nitrogens is 1. The van der Waals surface area contributed by atoms with Crippen LogP contribution in [0, 0.1) is 0 Å². The molecule has 1 atom stereocenters. The molecule has 0 aliphatic heterocycles. The van der Waals surface area contributed by atoms with E-state index in [4.69, 9.17) is 0 Å². The zero-order valence-corrected chi connectivity index (χ0v) is 10.2. The van der Waals surface area contributed by atoms with Crippen LogP contribution in [-0.4, -0.2) is 4.98 Å². The zero-order chi connectivity index (χ0) is 12.2. The van der Waals surface area contributed by atoms with E-state index in [1.807, 2.05) is 24.4 Å². The Bertz CT molecular complexity index is 582. The third-order valence-electron chi connectivity index (χ3n) is 3.26. The van der Waals surface area contributed by atoms with Gasteiger partial charge in [-0.2, -0.15) is 0 Å². The van der Waals surface area contributed by atoms with Crippen molar-refractivity contribution in [2.24, 2.45) is 0 Å². The van der Waals surface area contributed by atoms with Crippen molar-refractivity contribution in [2.75, 3.05) is 0 Å². The first-order chi connectivity index (χ1) is 8.93. The number of benzene rings is 1. The quantitative estimate of drug-likeness (QED) is 0.751. The van der Waals surface area contributed by atoms with Crippen LogP contribution in [0.15, 0.2) is 73.0 Å². The molecular formula is C17H15N. The molecule has 18 heavy (non-hydrogen) atoms. The summed E-state index contributed by atoms with van der Waals surface area (Å²) in [7, 11) is 0. The average Bonchev–Trinajstić information content (AvgIpc) is 2.49. The largest absolute Gasteiger partial charge is 0.256 e. The van der Waals surface area contributed by atoms with Gasteiger partial charge >= 0.3 is 0 Å². The monoisotopic (exact) mass is 233 g/mol. The van der Waals surface area contributed by atoms with Crippen molar-refractivity contribution in [2.45, 2.75) is 12.3 Å². The Morgan fingerprint density at radius 3 is 2.67 bits per heavy atom. The average molecular weight is 233 g/mol. The number of hydrogen-bond acceptors (Lipinski definition) is 1. The molecule has 2 aromatic rings. The van der Waals surface area contributed by atoms with Crippen LogP contribution in [0.2, 0.25) is 0 Å². The van der Waals surface area contributed by atoms with E-state index in [2.05, 4.69) is 53.6 Å².